The second-order valence-electron chi connectivity index (χ2n) is 6.21. The molecule has 0 fully saturated rings. The van der Waals surface area contributed by atoms with E-state index in [-0.39, 0.29) is 18.3 Å². The topological polar surface area (TPSA) is 48.0 Å². The van der Waals surface area contributed by atoms with E-state index < -0.39 is 0 Å². The lowest BCUT2D eigenvalue weighted by Gasteiger charge is -2.22. The van der Waals surface area contributed by atoms with Crippen molar-refractivity contribution in [3.63, 3.8) is 0 Å². The third-order valence-corrected chi connectivity index (χ3v) is 4.30. The molecule has 0 atom stereocenters. The number of carbonyl (C=O) groups is 1. The number of rotatable bonds is 10. The molecule has 0 aliphatic heterocycles. The summed E-state index contributed by atoms with van der Waals surface area (Å²) in [6, 6.07) is 10.2. The number of nitrogens with zero attached hydrogens (tertiary/aromatic N) is 1. The Morgan fingerprint density at radius 2 is 1.82 bits per heavy atom. The van der Waals surface area contributed by atoms with Crippen molar-refractivity contribution in [2.75, 3.05) is 27.4 Å². The van der Waals surface area contributed by atoms with Crippen LogP contribution in [0.25, 0.3) is 0 Å². The summed E-state index contributed by atoms with van der Waals surface area (Å²) < 4.78 is 30.4. The predicted octanol–water partition coefficient (Wildman–Crippen LogP) is 4.00. The summed E-state index contributed by atoms with van der Waals surface area (Å²) in [5.74, 6) is 1.15. The number of carbonyl (C=O) groups excluding carboxylic acids is 1. The fraction of sp³-hybridized carbons (Fsp3) is 0.318. The van der Waals surface area contributed by atoms with Crippen molar-refractivity contribution in [1.82, 2.24) is 4.90 Å². The monoisotopic (exact) mass is 387 g/mol. The maximum Gasteiger partial charge on any atom is 0.219 e. The number of halogens is 1. The smallest absolute Gasteiger partial charge is 0.219 e. The molecule has 5 nitrogen and oxygen atoms in total. The number of hydrogen-bond donors (Lipinski definition) is 0. The van der Waals surface area contributed by atoms with Crippen molar-refractivity contribution in [3.8, 4) is 17.2 Å². The number of ether oxygens (including phenoxy) is 3. The van der Waals surface area contributed by atoms with Crippen LogP contribution >= 0.6 is 0 Å². The molecule has 0 aromatic heterocycles. The van der Waals surface area contributed by atoms with Crippen LogP contribution in [0.15, 0.2) is 49.1 Å². The van der Waals surface area contributed by atoms with E-state index in [4.69, 9.17) is 14.2 Å². The van der Waals surface area contributed by atoms with Gasteiger partial charge >= 0.3 is 0 Å². The van der Waals surface area contributed by atoms with Gasteiger partial charge < -0.3 is 19.1 Å². The molecular formula is C22H26FNO4. The second-order valence-corrected chi connectivity index (χ2v) is 6.21. The lowest BCUT2D eigenvalue weighted by molar-refractivity contribution is -0.129. The SMILES string of the molecule is C=CCOc1c(OC)cc(CCN(Cc2ccccc2F)C(C)=O)cc1OC. The van der Waals surface area contributed by atoms with Crippen LogP contribution in [0.1, 0.15) is 18.1 Å². The average Bonchev–Trinajstić information content (AvgIpc) is 2.70. The summed E-state index contributed by atoms with van der Waals surface area (Å²) in [7, 11) is 3.11. The Bertz CT molecular complexity index is 797. The van der Waals surface area contributed by atoms with Gasteiger partial charge in [-0.15, -0.1) is 0 Å². The average molecular weight is 387 g/mol. The lowest BCUT2D eigenvalue weighted by atomic mass is 10.1. The summed E-state index contributed by atoms with van der Waals surface area (Å²) in [6.07, 6.45) is 2.20. The first kappa shape index (κ1) is 21.3. The van der Waals surface area contributed by atoms with E-state index in [1.165, 1.54) is 13.0 Å². The molecule has 0 saturated carbocycles. The van der Waals surface area contributed by atoms with Gasteiger partial charge in [0.2, 0.25) is 11.7 Å². The van der Waals surface area contributed by atoms with Crippen molar-refractivity contribution >= 4 is 5.91 Å². The molecule has 1 amide bonds. The van der Waals surface area contributed by atoms with Crippen LogP contribution in [0.4, 0.5) is 4.39 Å². The molecule has 28 heavy (non-hydrogen) atoms. The van der Waals surface area contributed by atoms with Crippen LogP contribution in [0, 0.1) is 5.82 Å². The van der Waals surface area contributed by atoms with Crippen molar-refractivity contribution in [3.05, 3.63) is 66.0 Å². The Morgan fingerprint density at radius 3 is 2.36 bits per heavy atom. The van der Waals surface area contributed by atoms with E-state index in [2.05, 4.69) is 6.58 Å². The van der Waals surface area contributed by atoms with Crippen LogP contribution in [0.3, 0.4) is 0 Å². The molecule has 0 aliphatic carbocycles. The van der Waals surface area contributed by atoms with Gasteiger partial charge in [-0.2, -0.15) is 0 Å². The molecule has 0 radical (unpaired) electrons. The number of benzene rings is 2. The molecule has 0 unspecified atom stereocenters. The molecule has 0 saturated heterocycles. The molecule has 6 heteroatoms. The zero-order valence-electron chi connectivity index (χ0n) is 16.5. The van der Waals surface area contributed by atoms with Gasteiger partial charge in [0.05, 0.1) is 14.2 Å². The van der Waals surface area contributed by atoms with Crippen molar-refractivity contribution < 1.29 is 23.4 Å². The van der Waals surface area contributed by atoms with Gasteiger partial charge in [0, 0.05) is 25.6 Å². The Hall–Kier alpha value is -3.02. The van der Waals surface area contributed by atoms with Crippen molar-refractivity contribution in [2.45, 2.75) is 19.9 Å². The largest absolute Gasteiger partial charge is 0.493 e. The van der Waals surface area contributed by atoms with Gasteiger partial charge in [-0.1, -0.05) is 30.9 Å². The van der Waals surface area contributed by atoms with Crippen LogP contribution < -0.4 is 14.2 Å². The fourth-order valence-electron chi connectivity index (χ4n) is 2.81. The van der Waals surface area contributed by atoms with E-state index in [0.29, 0.717) is 42.4 Å². The zero-order valence-corrected chi connectivity index (χ0v) is 16.5. The van der Waals surface area contributed by atoms with Crippen LogP contribution in [-0.2, 0) is 17.8 Å². The van der Waals surface area contributed by atoms with Crippen LogP contribution in [-0.4, -0.2) is 38.2 Å². The molecule has 150 valence electrons. The fourth-order valence-corrected chi connectivity index (χ4v) is 2.81. The Labute approximate surface area is 165 Å². The summed E-state index contributed by atoms with van der Waals surface area (Å²) in [5.41, 5.74) is 1.40. The molecule has 2 rings (SSSR count). The number of hydrogen-bond acceptors (Lipinski definition) is 4. The molecule has 0 spiro atoms. The van der Waals surface area contributed by atoms with Crippen molar-refractivity contribution in [2.24, 2.45) is 0 Å². The predicted molar refractivity (Wildman–Crippen MR) is 106 cm³/mol. The first-order valence-corrected chi connectivity index (χ1v) is 8.97. The quantitative estimate of drug-likeness (QED) is 0.578. The Morgan fingerprint density at radius 1 is 1.18 bits per heavy atom. The van der Waals surface area contributed by atoms with E-state index in [9.17, 15) is 9.18 Å². The Balaban J connectivity index is 2.17. The van der Waals surface area contributed by atoms with Gasteiger partial charge in [0.25, 0.3) is 0 Å². The van der Waals surface area contributed by atoms with Gasteiger partial charge in [-0.05, 0) is 30.2 Å². The first-order valence-electron chi connectivity index (χ1n) is 8.97. The standard InChI is InChI=1S/C22H26FNO4/c1-5-12-28-22-20(26-3)13-17(14-21(22)27-4)10-11-24(16(2)25)15-18-8-6-7-9-19(18)23/h5-9,13-14H,1,10-12,15H2,2-4H3. The second kappa shape index (κ2) is 10.3. The highest BCUT2D eigenvalue weighted by atomic mass is 19.1. The lowest BCUT2D eigenvalue weighted by Crippen LogP contribution is -2.30. The molecular weight excluding hydrogens is 361 g/mol. The van der Waals surface area contributed by atoms with Crippen LogP contribution in [0.2, 0.25) is 0 Å². The van der Waals surface area contributed by atoms with E-state index >= 15 is 0 Å². The van der Waals surface area contributed by atoms with Gasteiger partial charge in [0.15, 0.2) is 11.5 Å². The molecule has 2 aromatic carbocycles. The minimum Gasteiger partial charge on any atom is -0.493 e. The zero-order chi connectivity index (χ0) is 20.5. The normalized spacial score (nSPS) is 10.3. The third-order valence-electron chi connectivity index (χ3n) is 4.30. The minimum atomic E-state index is -0.319. The van der Waals surface area contributed by atoms with E-state index in [1.54, 1.807) is 43.4 Å². The highest BCUT2D eigenvalue weighted by Crippen LogP contribution is 2.38. The van der Waals surface area contributed by atoms with Crippen LogP contribution in [0.5, 0.6) is 17.2 Å². The molecule has 0 aliphatic rings. The number of amides is 1. The molecule has 0 N–H and O–H groups in total. The van der Waals surface area contributed by atoms with Crippen molar-refractivity contribution in [1.29, 1.82) is 0 Å². The van der Waals surface area contributed by atoms with E-state index in [1.807, 2.05) is 12.1 Å². The van der Waals surface area contributed by atoms with Gasteiger partial charge in [-0.25, -0.2) is 4.39 Å². The summed E-state index contributed by atoms with van der Waals surface area (Å²) in [5, 5.41) is 0. The maximum atomic E-state index is 13.9. The highest BCUT2D eigenvalue weighted by molar-refractivity contribution is 5.73. The highest BCUT2D eigenvalue weighted by Gasteiger charge is 2.16. The summed E-state index contributed by atoms with van der Waals surface area (Å²) >= 11 is 0. The summed E-state index contributed by atoms with van der Waals surface area (Å²) in [4.78, 5) is 13.6. The first-order chi connectivity index (χ1) is 13.5. The Kier molecular flexibility index (Phi) is 7.87. The van der Waals surface area contributed by atoms with E-state index in [0.717, 1.165) is 5.56 Å². The van der Waals surface area contributed by atoms with Gasteiger partial charge in [-0.3, -0.25) is 4.79 Å². The maximum absolute atomic E-state index is 13.9. The third kappa shape index (κ3) is 5.49. The molecule has 2 aromatic rings. The minimum absolute atomic E-state index is 0.117. The summed E-state index contributed by atoms with van der Waals surface area (Å²) in [6.45, 7) is 6.10. The number of methoxy groups -OCH3 is 2. The molecule has 0 heterocycles. The molecule has 0 bridgehead atoms. The van der Waals surface area contributed by atoms with Gasteiger partial charge in [0.1, 0.15) is 12.4 Å².